The van der Waals surface area contributed by atoms with Crippen molar-refractivity contribution >= 4 is 11.7 Å². The number of carboxylic acids is 1. The lowest BCUT2D eigenvalue weighted by Crippen LogP contribution is -2.58. The Bertz CT molecular complexity index is 476. The number of aliphatic hydroxyl groups excluding tert-OH is 3. The normalized spacial score (nSPS) is 33.7. The average Bonchev–Trinajstić information content (AvgIpc) is 2.43. The van der Waals surface area contributed by atoms with E-state index in [1.165, 1.54) is 24.3 Å². The van der Waals surface area contributed by atoms with Crippen LogP contribution < -0.4 is 5.32 Å². The molecule has 0 bridgehead atoms. The molecule has 7 nitrogen and oxygen atoms in total. The van der Waals surface area contributed by atoms with Gasteiger partial charge >= 0.3 is 5.97 Å². The summed E-state index contributed by atoms with van der Waals surface area (Å²) in [4.78, 5) is 10.7. The molecule has 1 aromatic rings. The molecule has 1 fully saturated rings. The fourth-order valence-corrected chi connectivity index (χ4v) is 2.04. The van der Waals surface area contributed by atoms with Crippen LogP contribution in [0.3, 0.4) is 0 Å². The van der Waals surface area contributed by atoms with Crippen LogP contribution in [0, 0.1) is 0 Å². The molecule has 1 heterocycles. The molecule has 0 saturated carbocycles. The van der Waals surface area contributed by atoms with Crippen molar-refractivity contribution in [2.45, 2.75) is 37.6 Å². The van der Waals surface area contributed by atoms with Gasteiger partial charge in [-0.3, -0.25) is 0 Å². The molecule has 0 unspecified atom stereocenters. The van der Waals surface area contributed by atoms with E-state index in [1.54, 1.807) is 6.92 Å². The average molecular weight is 283 g/mol. The largest absolute Gasteiger partial charge is 0.478 e. The summed E-state index contributed by atoms with van der Waals surface area (Å²) in [6, 6.07) is 5.88. The zero-order valence-electron chi connectivity index (χ0n) is 10.8. The van der Waals surface area contributed by atoms with Gasteiger partial charge in [-0.1, -0.05) is 0 Å². The molecule has 1 aromatic carbocycles. The van der Waals surface area contributed by atoms with Crippen molar-refractivity contribution in [1.82, 2.24) is 0 Å². The molecular weight excluding hydrogens is 266 g/mol. The molecule has 0 spiro atoms. The summed E-state index contributed by atoms with van der Waals surface area (Å²) in [5.74, 6) is -1.03. The molecule has 7 heteroatoms. The van der Waals surface area contributed by atoms with Crippen LogP contribution in [-0.2, 0) is 4.74 Å². The maximum atomic E-state index is 10.7. The van der Waals surface area contributed by atoms with E-state index in [0.29, 0.717) is 5.69 Å². The Morgan fingerprint density at radius 3 is 2.25 bits per heavy atom. The third kappa shape index (κ3) is 2.91. The maximum absolute atomic E-state index is 10.7. The van der Waals surface area contributed by atoms with Crippen molar-refractivity contribution in [3.8, 4) is 0 Å². The second-order valence-corrected chi connectivity index (χ2v) is 4.76. The van der Waals surface area contributed by atoms with Crippen molar-refractivity contribution in [1.29, 1.82) is 0 Å². The molecule has 5 N–H and O–H groups in total. The van der Waals surface area contributed by atoms with Crippen LogP contribution in [0.1, 0.15) is 17.3 Å². The molecule has 110 valence electrons. The Hall–Kier alpha value is -1.67. The number of anilines is 1. The van der Waals surface area contributed by atoms with Crippen LogP contribution >= 0.6 is 0 Å². The molecule has 1 saturated heterocycles. The lowest BCUT2D eigenvalue weighted by atomic mass is 9.99. The quantitative estimate of drug-likeness (QED) is 0.513. The zero-order valence-corrected chi connectivity index (χ0v) is 10.8. The van der Waals surface area contributed by atoms with Gasteiger partial charge in [-0.25, -0.2) is 4.79 Å². The number of aromatic carboxylic acids is 1. The highest BCUT2D eigenvalue weighted by Gasteiger charge is 2.41. The Morgan fingerprint density at radius 2 is 1.70 bits per heavy atom. The van der Waals surface area contributed by atoms with Gasteiger partial charge in [0.2, 0.25) is 0 Å². The van der Waals surface area contributed by atoms with E-state index < -0.39 is 36.6 Å². The summed E-state index contributed by atoms with van der Waals surface area (Å²) < 4.78 is 5.38. The number of carbonyl (C=O) groups is 1. The number of hydrogen-bond acceptors (Lipinski definition) is 6. The highest BCUT2D eigenvalue weighted by atomic mass is 16.5. The molecular formula is C13H17NO6. The van der Waals surface area contributed by atoms with Crippen LogP contribution in [0.15, 0.2) is 24.3 Å². The number of aliphatic hydroxyl groups is 3. The van der Waals surface area contributed by atoms with Gasteiger partial charge in [0.05, 0.1) is 11.7 Å². The van der Waals surface area contributed by atoms with E-state index in [1.807, 2.05) is 0 Å². The Kier molecular flexibility index (Phi) is 4.24. The lowest BCUT2D eigenvalue weighted by molar-refractivity contribution is -0.209. The van der Waals surface area contributed by atoms with E-state index in [0.717, 1.165) is 0 Å². The highest BCUT2D eigenvalue weighted by Crippen LogP contribution is 2.22. The Morgan fingerprint density at radius 1 is 1.10 bits per heavy atom. The summed E-state index contributed by atoms with van der Waals surface area (Å²) in [5.41, 5.74) is 0.680. The van der Waals surface area contributed by atoms with Gasteiger partial charge < -0.3 is 30.5 Å². The first-order chi connectivity index (χ1) is 9.40. The molecule has 2 rings (SSSR count). The zero-order chi connectivity index (χ0) is 14.9. The van der Waals surface area contributed by atoms with Gasteiger partial charge in [0.15, 0.2) is 6.23 Å². The fourth-order valence-electron chi connectivity index (χ4n) is 2.04. The first-order valence-corrected chi connectivity index (χ1v) is 6.19. The lowest BCUT2D eigenvalue weighted by Gasteiger charge is -2.39. The first-order valence-electron chi connectivity index (χ1n) is 6.19. The molecule has 0 amide bonds. The van der Waals surface area contributed by atoms with E-state index in [9.17, 15) is 20.1 Å². The van der Waals surface area contributed by atoms with Crippen LogP contribution in [0.4, 0.5) is 5.69 Å². The number of nitrogens with one attached hydrogen (secondary N) is 1. The predicted molar refractivity (Wildman–Crippen MR) is 69.4 cm³/mol. The van der Waals surface area contributed by atoms with Crippen molar-refractivity contribution in [3.63, 3.8) is 0 Å². The van der Waals surface area contributed by atoms with Crippen molar-refractivity contribution in [3.05, 3.63) is 29.8 Å². The molecule has 5 atom stereocenters. The van der Waals surface area contributed by atoms with Crippen LogP contribution in [-0.4, -0.2) is 57.0 Å². The number of hydrogen-bond donors (Lipinski definition) is 5. The maximum Gasteiger partial charge on any atom is 0.335 e. The van der Waals surface area contributed by atoms with Crippen molar-refractivity contribution < 1.29 is 30.0 Å². The molecule has 0 aliphatic carbocycles. The number of rotatable bonds is 3. The second kappa shape index (κ2) is 5.76. The van der Waals surface area contributed by atoms with Gasteiger partial charge in [0.25, 0.3) is 0 Å². The monoisotopic (exact) mass is 283 g/mol. The smallest absolute Gasteiger partial charge is 0.335 e. The van der Waals surface area contributed by atoms with Crippen LogP contribution in [0.5, 0.6) is 0 Å². The summed E-state index contributed by atoms with van der Waals surface area (Å²) in [6.45, 7) is 1.59. The standard InChI is InChI=1S/C13H17NO6/c1-6-9(15)10(16)11(17)12(20-6)14-8-4-2-7(3-5-8)13(18)19/h2-6,9-12,14-17H,1H3,(H,18,19)/t6-,9-,10-,11+,12-/m0/s1. The van der Waals surface area contributed by atoms with Gasteiger partial charge in [-0.2, -0.15) is 0 Å². The van der Waals surface area contributed by atoms with E-state index >= 15 is 0 Å². The molecule has 0 aromatic heterocycles. The molecule has 20 heavy (non-hydrogen) atoms. The SMILES string of the molecule is C[C@@H]1O[C@H](Nc2ccc(C(=O)O)cc2)[C@H](O)[C@@H](O)[C@H]1O. The minimum atomic E-state index is -1.31. The van der Waals surface area contributed by atoms with E-state index in [-0.39, 0.29) is 5.56 Å². The van der Waals surface area contributed by atoms with Gasteiger partial charge in [-0.15, -0.1) is 0 Å². The van der Waals surface area contributed by atoms with Crippen molar-refractivity contribution in [2.24, 2.45) is 0 Å². The Labute approximate surface area is 115 Å². The first kappa shape index (κ1) is 14.7. The second-order valence-electron chi connectivity index (χ2n) is 4.76. The molecule has 0 radical (unpaired) electrons. The minimum absolute atomic E-state index is 0.143. The van der Waals surface area contributed by atoms with Gasteiger partial charge in [0.1, 0.15) is 18.3 Å². The Balaban J connectivity index is 2.07. The van der Waals surface area contributed by atoms with E-state index in [4.69, 9.17) is 9.84 Å². The van der Waals surface area contributed by atoms with Crippen LogP contribution in [0.25, 0.3) is 0 Å². The van der Waals surface area contributed by atoms with Crippen LogP contribution in [0.2, 0.25) is 0 Å². The topological polar surface area (TPSA) is 119 Å². The highest BCUT2D eigenvalue weighted by molar-refractivity contribution is 5.87. The predicted octanol–water partition coefficient (Wildman–Crippen LogP) is -0.376. The van der Waals surface area contributed by atoms with Crippen molar-refractivity contribution in [2.75, 3.05) is 5.32 Å². The summed E-state index contributed by atoms with van der Waals surface area (Å²) in [6.07, 6.45) is -5.28. The molecule has 1 aliphatic rings. The van der Waals surface area contributed by atoms with E-state index in [2.05, 4.69) is 5.32 Å². The fraction of sp³-hybridized carbons (Fsp3) is 0.462. The number of ether oxygens (including phenoxy) is 1. The third-order valence-corrected chi connectivity index (χ3v) is 3.29. The summed E-state index contributed by atoms with van der Waals surface area (Å²) in [5, 5.41) is 40.7. The summed E-state index contributed by atoms with van der Waals surface area (Å²) in [7, 11) is 0. The number of benzene rings is 1. The number of carboxylic acid groups (broad SMARTS) is 1. The minimum Gasteiger partial charge on any atom is -0.478 e. The summed E-state index contributed by atoms with van der Waals surface area (Å²) >= 11 is 0. The third-order valence-electron chi connectivity index (χ3n) is 3.29. The van der Waals surface area contributed by atoms with Gasteiger partial charge in [-0.05, 0) is 31.2 Å². The van der Waals surface area contributed by atoms with Gasteiger partial charge in [0, 0.05) is 5.69 Å². The molecule has 1 aliphatic heterocycles.